The van der Waals surface area contributed by atoms with Gasteiger partial charge in [-0.15, -0.1) is 0 Å². The molecular formula is C38H40O5. The lowest BCUT2D eigenvalue weighted by Crippen LogP contribution is -2.62. The number of aliphatic hydroxyl groups excluding tert-OH is 2. The van der Waals surface area contributed by atoms with Crippen LogP contribution < -0.4 is 0 Å². The average Bonchev–Trinajstić information content (AvgIpc) is 3.35. The molecule has 1 spiro atoms. The van der Waals surface area contributed by atoms with Crippen LogP contribution in [0.4, 0.5) is 0 Å². The molecule has 0 unspecified atom stereocenters. The highest BCUT2D eigenvalue weighted by molar-refractivity contribution is 5.91. The van der Waals surface area contributed by atoms with E-state index in [1.54, 1.807) is 0 Å². The normalized spacial score (nSPS) is 37.8. The molecule has 3 aromatic rings. The Bertz CT molecular complexity index is 1710. The number of ketones is 1. The fraction of sp³-hybridized carbons (Fsp3) is 0.447. The van der Waals surface area contributed by atoms with Crippen LogP contribution in [0.1, 0.15) is 59.4 Å². The number of Topliss-reactive ketones (excluding diaryl/α,β-unsaturated/α-hetero) is 1. The van der Waals surface area contributed by atoms with Crippen molar-refractivity contribution in [2.45, 2.75) is 62.8 Å². The largest absolute Gasteiger partial charge is 0.396 e. The van der Waals surface area contributed by atoms with Gasteiger partial charge in [0.2, 0.25) is 0 Å². The summed E-state index contributed by atoms with van der Waals surface area (Å²) in [7, 11) is 1.52. The second kappa shape index (κ2) is 9.45. The molecule has 0 radical (unpaired) electrons. The van der Waals surface area contributed by atoms with Crippen molar-refractivity contribution < 1.29 is 24.9 Å². The van der Waals surface area contributed by atoms with Crippen LogP contribution in [0.15, 0.2) is 72.8 Å². The Morgan fingerprint density at radius 3 is 2.67 bits per heavy atom. The number of hydrogen-bond acceptors (Lipinski definition) is 5. The van der Waals surface area contributed by atoms with Crippen LogP contribution >= 0.6 is 0 Å². The number of ether oxygens (including phenoxy) is 1. The maximum atomic E-state index is 14.9. The zero-order chi connectivity index (χ0) is 29.7. The molecule has 5 aliphatic rings. The Balaban J connectivity index is 1.37. The average molecular weight is 577 g/mol. The Morgan fingerprint density at radius 1 is 1.02 bits per heavy atom. The van der Waals surface area contributed by atoms with Crippen molar-refractivity contribution in [1.29, 1.82) is 0 Å². The molecule has 8 rings (SSSR count). The zero-order valence-corrected chi connectivity index (χ0v) is 24.8. The third kappa shape index (κ3) is 3.40. The second-order valence-corrected chi connectivity index (χ2v) is 13.9. The van der Waals surface area contributed by atoms with E-state index in [9.17, 15) is 20.1 Å². The maximum Gasteiger partial charge on any atom is 0.185 e. The summed E-state index contributed by atoms with van der Waals surface area (Å²) in [4.78, 5) is 14.9. The van der Waals surface area contributed by atoms with Gasteiger partial charge in [-0.05, 0) is 88.6 Å². The van der Waals surface area contributed by atoms with Crippen LogP contribution in [0.3, 0.4) is 0 Å². The Labute approximate surface area is 252 Å². The molecule has 7 bridgehead atoms. The van der Waals surface area contributed by atoms with Crippen molar-refractivity contribution in [3.05, 3.63) is 101 Å². The first-order valence-corrected chi connectivity index (χ1v) is 15.9. The number of carbonyl (C=O) groups is 1. The summed E-state index contributed by atoms with van der Waals surface area (Å²) in [6, 6.07) is 19.4. The summed E-state index contributed by atoms with van der Waals surface area (Å²) < 4.78 is 6.06. The van der Waals surface area contributed by atoms with Gasteiger partial charge < -0.3 is 20.1 Å². The Kier molecular flexibility index (Phi) is 6.04. The molecule has 0 aromatic heterocycles. The second-order valence-electron chi connectivity index (χ2n) is 13.9. The van der Waals surface area contributed by atoms with E-state index < -0.39 is 28.6 Å². The lowest BCUT2D eigenvalue weighted by atomic mass is 9.45. The molecule has 8 atom stereocenters. The molecule has 0 saturated heterocycles. The summed E-state index contributed by atoms with van der Waals surface area (Å²) in [6.45, 7) is 4.52. The number of hydrogen-bond donors (Lipinski definition) is 3. The van der Waals surface area contributed by atoms with Gasteiger partial charge in [0.1, 0.15) is 5.78 Å². The minimum atomic E-state index is -1.71. The molecule has 0 amide bonds. The van der Waals surface area contributed by atoms with Gasteiger partial charge in [-0.2, -0.15) is 0 Å². The standard InChI is InChI=1S/C38H40O5/c1-22-35-31(21-39)32-7-4-14-36(22)20-25-8-10-26-18-27-11-12-33(40)30(29(27)19-28(26)16-25)17-24-6-3-5-23(15-24)9-13-34(41)37(32,36)38(35,42)43-2/h3,5-6,8,10-12,15-16,18-19,30-33,35,39-40,42H,1,4,7,9,13-14,17,20-21H2,2H3/t30-,31-,32-,33+,35+,36-,37-,38-/m1/s1. The quantitative estimate of drug-likeness (QED) is 0.276. The summed E-state index contributed by atoms with van der Waals surface area (Å²) in [5.74, 6) is -2.67. The Hall–Kier alpha value is -3.09. The number of benzene rings is 3. The summed E-state index contributed by atoms with van der Waals surface area (Å²) in [5.41, 5.74) is 4.62. The summed E-state index contributed by atoms with van der Waals surface area (Å²) >= 11 is 0. The lowest BCUT2D eigenvalue weighted by Gasteiger charge is -2.57. The van der Waals surface area contributed by atoms with E-state index in [0.29, 0.717) is 19.3 Å². The number of rotatable bonds is 2. The minimum Gasteiger partial charge on any atom is -0.396 e. The van der Waals surface area contributed by atoms with Gasteiger partial charge in [0, 0.05) is 37.4 Å². The van der Waals surface area contributed by atoms with E-state index in [4.69, 9.17) is 4.74 Å². The fourth-order valence-corrected chi connectivity index (χ4v) is 10.7. The lowest BCUT2D eigenvalue weighted by molar-refractivity contribution is -0.267. The maximum absolute atomic E-state index is 14.9. The molecule has 3 fully saturated rings. The highest BCUT2D eigenvalue weighted by Gasteiger charge is 2.85. The molecule has 5 nitrogen and oxygen atoms in total. The van der Waals surface area contributed by atoms with Crippen molar-refractivity contribution in [3.63, 3.8) is 0 Å². The third-order valence-corrected chi connectivity index (χ3v) is 12.3. The van der Waals surface area contributed by atoms with Crippen LogP contribution in [0.25, 0.3) is 16.8 Å². The van der Waals surface area contributed by atoms with E-state index >= 15 is 0 Å². The van der Waals surface area contributed by atoms with Gasteiger partial charge >= 0.3 is 0 Å². The van der Waals surface area contributed by atoms with E-state index in [1.165, 1.54) is 7.11 Å². The van der Waals surface area contributed by atoms with Crippen LogP contribution in [0.5, 0.6) is 0 Å². The molecule has 3 N–H and O–H groups in total. The molecule has 0 aliphatic heterocycles. The van der Waals surface area contributed by atoms with Crippen molar-refractivity contribution in [2.75, 3.05) is 13.7 Å². The summed E-state index contributed by atoms with van der Waals surface area (Å²) in [6.07, 6.45) is 7.94. The SMILES string of the molecule is C=C1[C@H]2[C@H](CO)[C@H]3CCC[C@@]14Cc1ccc5cc6c(cc5c1)[C@@H](Cc1cccc(c1)CCC(=O)[C@]34[C@]2(O)OC)[C@@H](O)C=C6. The van der Waals surface area contributed by atoms with E-state index in [2.05, 4.69) is 55.1 Å². The monoisotopic (exact) mass is 576 g/mol. The fourth-order valence-electron chi connectivity index (χ4n) is 10.7. The van der Waals surface area contributed by atoms with Crippen molar-refractivity contribution in [1.82, 2.24) is 0 Å². The van der Waals surface area contributed by atoms with E-state index in [0.717, 1.165) is 63.4 Å². The first kappa shape index (κ1) is 27.5. The van der Waals surface area contributed by atoms with Crippen LogP contribution in [-0.4, -0.2) is 46.7 Å². The predicted octanol–water partition coefficient (Wildman–Crippen LogP) is 5.53. The van der Waals surface area contributed by atoms with Crippen LogP contribution in [-0.2, 0) is 28.8 Å². The van der Waals surface area contributed by atoms with Crippen molar-refractivity contribution in [2.24, 2.45) is 28.6 Å². The number of methoxy groups -OCH3 is 1. The van der Waals surface area contributed by atoms with Gasteiger partial charge in [0.15, 0.2) is 5.79 Å². The summed E-state index contributed by atoms with van der Waals surface area (Å²) in [5, 5.41) is 36.6. The van der Waals surface area contributed by atoms with E-state index in [1.807, 2.05) is 18.2 Å². The van der Waals surface area contributed by atoms with Gasteiger partial charge in [-0.25, -0.2) is 0 Å². The van der Waals surface area contributed by atoms with Crippen LogP contribution in [0.2, 0.25) is 0 Å². The van der Waals surface area contributed by atoms with Gasteiger partial charge in [0.05, 0.1) is 11.5 Å². The molecular weight excluding hydrogens is 536 g/mol. The Morgan fingerprint density at radius 2 is 1.86 bits per heavy atom. The molecule has 3 aromatic carbocycles. The molecule has 0 heterocycles. The molecule has 5 heteroatoms. The van der Waals surface area contributed by atoms with Gasteiger partial charge in [-0.1, -0.05) is 79.3 Å². The number of aliphatic hydroxyl groups is 3. The van der Waals surface area contributed by atoms with Gasteiger partial charge in [0.25, 0.3) is 0 Å². The number of aryl methyl sites for hydroxylation is 1. The molecule has 3 saturated carbocycles. The third-order valence-electron chi connectivity index (χ3n) is 12.3. The number of fused-ring (bicyclic) bond motifs is 4. The minimum absolute atomic E-state index is 0.0270. The number of carbonyl (C=O) groups excluding carboxylic acids is 1. The predicted molar refractivity (Wildman–Crippen MR) is 166 cm³/mol. The van der Waals surface area contributed by atoms with Crippen molar-refractivity contribution in [3.8, 4) is 0 Å². The molecule has 5 aliphatic carbocycles. The highest BCUT2D eigenvalue weighted by atomic mass is 16.6. The highest BCUT2D eigenvalue weighted by Crippen LogP contribution is 2.80. The smallest absolute Gasteiger partial charge is 0.185 e. The van der Waals surface area contributed by atoms with Crippen molar-refractivity contribution >= 4 is 22.6 Å². The first-order chi connectivity index (χ1) is 20.8. The zero-order valence-electron chi connectivity index (χ0n) is 24.8. The topological polar surface area (TPSA) is 87.0 Å². The van der Waals surface area contributed by atoms with Crippen LogP contribution in [0, 0.1) is 28.6 Å². The molecule has 43 heavy (non-hydrogen) atoms. The van der Waals surface area contributed by atoms with E-state index in [-0.39, 0.29) is 36.6 Å². The molecule has 222 valence electrons. The first-order valence-electron chi connectivity index (χ1n) is 15.9. The van der Waals surface area contributed by atoms with Gasteiger partial charge in [-0.3, -0.25) is 4.79 Å².